The van der Waals surface area contributed by atoms with Gasteiger partial charge in [0.1, 0.15) is 16.4 Å². The van der Waals surface area contributed by atoms with E-state index in [9.17, 15) is 17.6 Å². The number of amides is 1. The molecular weight excluding hydrogens is 359 g/mol. The number of aryl methyl sites for hydroxylation is 1. The Hall–Kier alpha value is -2.39. The minimum Gasteiger partial charge on any atom is -0.386 e. The number of hydrogen-bond acceptors (Lipinski definition) is 4. The lowest BCUT2D eigenvalue weighted by molar-refractivity contribution is 0.101. The van der Waals surface area contributed by atoms with E-state index in [1.165, 1.54) is 35.0 Å². The van der Waals surface area contributed by atoms with Crippen molar-refractivity contribution in [1.82, 2.24) is 9.29 Å². The van der Waals surface area contributed by atoms with E-state index in [4.69, 9.17) is 0 Å². The summed E-state index contributed by atoms with van der Waals surface area (Å²) in [5.41, 5.74) is 0.810. The van der Waals surface area contributed by atoms with Crippen LogP contribution in [0.25, 0.3) is 0 Å². The summed E-state index contributed by atoms with van der Waals surface area (Å²) in [4.78, 5) is 12.5. The van der Waals surface area contributed by atoms with Gasteiger partial charge in [-0.05, 0) is 37.6 Å². The maximum absolute atomic E-state index is 13.5. The molecule has 2 aromatic rings. The molecule has 1 heterocycles. The zero-order valence-corrected chi connectivity index (χ0v) is 15.9. The molecule has 0 radical (unpaired) electrons. The standard InChI is InChI=1S/C17H23FN4O3S/c1-5-11(2)21-26(24,25)13-9-16(22(4)10-13)17(23)20-12-6-7-14(18)15(8-12)19-3/h6-11,19,21H,5H2,1-4H3,(H,20,23)/t11-/m1/s1. The van der Waals surface area contributed by atoms with Crippen LogP contribution in [-0.2, 0) is 17.1 Å². The fourth-order valence-corrected chi connectivity index (χ4v) is 3.71. The topological polar surface area (TPSA) is 92.2 Å². The number of nitrogens with one attached hydrogen (secondary N) is 3. The molecular formula is C17H23FN4O3S. The van der Waals surface area contributed by atoms with E-state index in [0.29, 0.717) is 12.1 Å². The second kappa shape index (κ2) is 7.88. The van der Waals surface area contributed by atoms with Crippen molar-refractivity contribution in [2.45, 2.75) is 31.2 Å². The van der Waals surface area contributed by atoms with Crippen LogP contribution in [0.3, 0.4) is 0 Å². The Balaban J connectivity index is 2.24. The maximum atomic E-state index is 13.5. The van der Waals surface area contributed by atoms with Crippen LogP contribution in [-0.4, -0.2) is 32.0 Å². The summed E-state index contributed by atoms with van der Waals surface area (Å²) < 4.78 is 42.2. The van der Waals surface area contributed by atoms with Gasteiger partial charge in [-0.15, -0.1) is 0 Å². The minimum absolute atomic E-state index is 0.0143. The monoisotopic (exact) mass is 382 g/mol. The van der Waals surface area contributed by atoms with E-state index < -0.39 is 21.7 Å². The Morgan fingerprint density at radius 1 is 1.31 bits per heavy atom. The third kappa shape index (κ3) is 4.41. The summed E-state index contributed by atoms with van der Waals surface area (Å²) in [6, 6.07) is 5.22. The number of aromatic nitrogens is 1. The molecule has 7 nitrogen and oxygen atoms in total. The van der Waals surface area contributed by atoms with Crippen molar-refractivity contribution in [1.29, 1.82) is 0 Å². The highest BCUT2D eigenvalue weighted by atomic mass is 32.2. The molecule has 0 fully saturated rings. The minimum atomic E-state index is -3.71. The fraction of sp³-hybridized carbons (Fsp3) is 0.353. The number of nitrogens with zero attached hydrogens (tertiary/aromatic N) is 1. The van der Waals surface area contributed by atoms with E-state index in [2.05, 4.69) is 15.4 Å². The number of carbonyl (C=O) groups excluding carboxylic acids is 1. The summed E-state index contributed by atoms with van der Waals surface area (Å²) in [5, 5.41) is 5.32. The van der Waals surface area contributed by atoms with Crippen molar-refractivity contribution in [3.63, 3.8) is 0 Å². The molecule has 142 valence electrons. The molecule has 0 aliphatic carbocycles. The molecule has 1 amide bonds. The highest BCUT2D eigenvalue weighted by molar-refractivity contribution is 7.89. The van der Waals surface area contributed by atoms with Gasteiger partial charge in [0.05, 0.1) is 5.69 Å². The quantitative estimate of drug-likeness (QED) is 0.686. The van der Waals surface area contributed by atoms with Gasteiger partial charge >= 0.3 is 0 Å². The van der Waals surface area contributed by atoms with Gasteiger partial charge in [-0.25, -0.2) is 17.5 Å². The molecule has 9 heteroatoms. The highest BCUT2D eigenvalue weighted by Gasteiger charge is 2.22. The van der Waals surface area contributed by atoms with Crippen molar-refractivity contribution in [3.8, 4) is 0 Å². The van der Waals surface area contributed by atoms with Crippen molar-refractivity contribution < 1.29 is 17.6 Å². The van der Waals surface area contributed by atoms with Gasteiger partial charge in [0, 0.05) is 32.0 Å². The average molecular weight is 382 g/mol. The number of benzene rings is 1. The first-order valence-corrected chi connectivity index (χ1v) is 9.63. The van der Waals surface area contributed by atoms with E-state index in [0.717, 1.165) is 0 Å². The van der Waals surface area contributed by atoms with Gasteiger partial charge < -0.3 is 15.2 Å². The fourth-order valence-electron chi connectivity index (χ4n) is 2.31. The Labute approximate surface area is 152 Å². The van der Waals surface area contributed by atoms with E-state index in [1.54, 1.807) is 21.0 Å². The number of anilines is 2. The molecule has 1 aromatic carbocycles. The molecule has 0 aliphatic rings. The molecule has 0 saturated heterocycles. The number of rotatable bonds is 7. The van der Waals surface area contributed by atoms with Crippen LogP contribution in [0.15, 0.2) is 35.4 Å². The van der Waals surface area contributed by atoms with Gasteiger partial charge in [-0.2, -0.15) is 0 Å². The number of hydrogen-bond donors (Lipinski definition) is 3. The number of halogens is 1. The summed E-state index contributed by atoms with van der Waals surface area (Å²) >= 11 is 0. The summed E-state index contributed by atoms with van der Waals surface area (Å²) in [6.45, 7) is 3.64. The molecule has 2 rings (SSSR count). The van der Waals surface area contributed by atoms with Crippen molar-refractivity contribution in [3.05, 3.63) is 42.0 Å². The van der Waals surface area contributed by atoms with Gasteiger partial charge in [0.15, 0.2) is 0 Å². The normalized spacial score (nSPS) is 12.7. The second-order valence-electron chi connectivity index (χ2n) is 6.00. The lowest BCUT2D eigenvalue weighted by Crippen LogP contribution is -2.31. The largest absolute Gasteiger partial charge is 0.386 e. The Bertz CT molecular complexity index is 909. The Morgan fingerprint density at radius 2 is 2.00 bits per heavy atom. The molecule has 0 aliphatic heterocycles. The summed E-state index contributed by atoms with van der Waals surface area (Å²) in [5.74, 6) is -0.931. The molecule has 0 saturated carbocycles. The molecule has 0 bridgehead atoms. The summed E-state index contributed by atoms with van der Waals surface area (Å²) in [7, 11) is -0.550. The SMILES string of the molecule is CC[C@@H](C)NS(=O)(=O)c1cc(C(=O)Nc2ccc(F)c(NC)c2)n(C)c1. The molecule has 26 heavy (non-hydrogen) atoms. The van der Waals surface area contributed by atoms with Crippen LogP contribution in [0.1, 0.15) is 30.8 Å². The molecule has 0 spiro atoms. The third-order valence-corrected chi connectivity index (χ3v) is 5.54. The first kappa shape index (κ1) is 19.9. The average Bonchev–Trinajstić information content (AvgIpc) is 2.99. The Morgan fingerprint density at radius 3 is 2.62 bits per heavy atom. The van der Waals surface area contributed by atoms with E-state index in [-0.39, 0.29) is 22.3 Å². The predicted molar refractivity (Wildman–Crippen MR) is 99.4 cm³/mol. The highest BCUT2D eigenvalue weighted by Crippen LogP contribution is 2.21. The van der Waals surface area contributed by atoms with Crippen LogP contribution >= 0.6 is 0 Å². The molecule has 3 N–H and O–H groups in total. The molecule has 0 unspecified atom stereocenters. The lowest BCUT2D eigenvalue weighted by Gasteiger charge is -2.10. The maximum Gasteiger partial charge on any atom is 0.272 e. The number of sulfonamides is 1. The van der Waals surface area contributed by atoms with Crippen LogP contribution in [0.5, 0.6) is 0 Å². The third-order valence-electron chi connectivity index (χ3n) is 3.99. The lowest BCUT2D eigenvalue weighted by atomic mass is 10.2. The van der Waals surface area contributed by atoms with Crippen LogP contribution in [0.2, 0.25) is 0 Å². The predicted octanol–water partition coefficient (Wildman–Crippen LogP) is 2.54. The van der Waals surface area contributed by atoms with Crippen molar-refractivity contribution >= 4 is 27.3 Å². The van der Waals surface area contributed by atoms with Crippen LogP contribution in [0.4, 0.5) is 15.8 Å². The smallest absolute Gasteiger partial charge is 0.272 e. The Kier molecular flexibility index (Phi) is 6.04. The van der Waals surface area contributed by atoms with Gasteiger partial charge in [-0.1, -0.05) is 6.92 Å². The van der Waals surface area contributed by atoms with Crippen LogP contribution in [0, 0.1) is 5.82 Å². The first-order valence-electron chi connectivity index (χ1n) is 8.15. The van der Waals surface area contributed by atoms with Gasteiger partial charge in [-0.3, -0.25) is 4.79 Å². The van der Waals surface area contributed by atoms with E-state index >= 15 is 0 Å². The van der Waals surface area contributed by atoms with Crippen molar-refractivity contribution in [2.24, 2.45) is 7.05 Å². The van der Waals surface area contributed by atoms with E-state index in [1.807, 2.05) is 6.92 Å². The molecule has 1 atom stereocenters. The van der Waals surface area contributed by atoms with Gasteiger partial charge in [0.2, 0.25) is 10.0 Å². The number of carbonyl (C=O) groups is 1. The van der Waals surface area contributed by atoms with Crippen LogP contribution < -0.4 is 15.4 Å². The molecule has 1 aromatic heterocycles. The first-order chi connectivity index (χ1) is 12.2. The second-order valence-corrected chi connectivity index (χ2v) is 7.72. The zero-order valence-electron chi connectivity index (χ0n) is 15.1. The summed E-state index contributed by atoms with van der Waals surface area (Å²) in [6.07, 6.45) is 2.03. The van der Waals surface area contributed by atoms with Gasteiger partial charge in [0.25, 0.3) is 5.91 Å². The van der Waals surface area contributed by atoms with Crippen molar-refractivity contribution in [2.75, 3.05) is 17.7 Å². The zero-order chi connectivity index (χ0) is 19.5.